The monoisotopic (exact) mass is 293 g/mol. The zero-order chi connectivity index (χ0) is 15.2. The van der Waals surface area contributed by atoms with E-state index in [1.165, 1.54) is 19.2 Å². The molecule has 0 spiro atoms. The summed E-state index contributed by atoms with van der Waals surface area (Å²) in [6.45, 7) is 2.28. The van der Waals surface area contributed by atoms with Gasteiger partial charge in [0.25, 0.3) is 0 Å². The molecule has 0 atom stereocenters. The largest absolute Gasteiger partial charge is 0.494 e. The molecule has 1 heterocycles. The normalized spacial score (nSPS) is 10.1. The molecule has 0 aliphatic heterocycles. The molecule has 0 saturated heterocycles. The molecule has 0 aliphatic carbocycles. The van der Waals surface area contributed by atoms with Gasteiger partial charge in [-0.2, -0.15) is 15.0 Å². The molecule has 2 rings (SSSR count). The third-order valence-corrected chi connectivity index (χ3v) is 2.52. The molecule has 0 fully saturated rings. The van der Waals surface area contributed by atoms with E-state index in [4.69, 9.17) is 9.47 Å². The molecular weight excluding hydrogens is 277 g/mol. The Morgan fingerprint density at radius 3 is 2.62 bits per heavy atom. The molecule has 21 heavy (non-hydrogen) atoms. The summed E-state index contributed by atoms with van der Waals surface area (Å²) in [5.41, 5.74) is 0.587. The highest BCUT2D eigenvalue weighted by Crippen LogP contribution is 2.23. The number of methoxy groups -OCH3 is 1. The van der Waals surface area contributed by atoms with E-state index in [9.17, 15) is 4.39 Å². The molecule has 112 valence electrons. The van der Waals surface area contributed by atoms with Gasteiger partial charge in [0.1, 0.15) is 0 Å². The second kappa shape index (κ2) is 6.69. The second-order valence-electron chi connectivity index (χ2n) is 3.92. The molecule has 0 bridgehead atoms. The molecule has 8 heteroatoms. The van der Waals surface area contributed by atoms with E-state index in [0.717, 1.165) is 0 Å². The third kappa shape index (κ3) is 3.68. The highest BCUT2D eigenvalue weighted by Gasteiger charge is 2.08. The topological polar surface area (TPSA) is 81.2 Å². The number of nitrogens with zero attached hydrogens (tertiary/aromatic N) is 3. The summed E-state index contributed by atoms with van der Waals surface area (Å²) in [4.78, 5) is 12.3. The van der Waals surface area contributed by atoms with Crippen LogP contribution in [-0.4, -0.2) is 35.7 Å². The van der Waals surface area contributed by atoms with Crippen molar-refractivity contribution in [2.75, 3.05) is 31.4 Å². The lowest BCUT2D eigenvalue weighted by atomic mass is 10.3. The molecule has 0 aliphatic rings. The van der Waals surface area contributed by atoms with Gasteiger partial charge in [-0.05, 0) is 19.1 Å². The first-order chi connectivity index (χ1) is 10.2. The fraction of sp³-hybridized carbons (Fsp3) is 0.308. The maximum atomic E-state index is 13.4. The Kier molecular flexibility index (Phi) is 4.70. The number of ether oxygens (including phenoxy) is 2. The molecular formula is C13H16FN5O2. The van der Waals surface area contributed by atoms with Gasteiger partial charge in [-0.15, -0.1) is 0 Å². The Morgan fingerprint density at radius 1 is 1.19 bits per heavy atom. The number of hydrogen-bond acceptors (Lipinski definition) is 7. The summed E-state index contributed by atoms with van der Waals surface area (Å²) in [6, 6.07) is 4.57. The zero-order valence-electron chi connectivity index (χ0n) is 12.0. The number of nitrogens with one attached hydrogen (secondary N) is 2. The van der Waals surface area contributed by atoms with Crippen LogP contribution in [0.5, 0.6) is 11.8 Å². The standard InChI is InChI=1S/C13H16FN5O2/c1-4-21-13-18-11(15-2)17-12(19-13)16-8-5-6-9(14)10(7-8)20-3/h5-7H,4H2,1-3H3,(H2,15,16,17,18,19). The van der Waals surface area contributed by atoms with Gasteiger partial charge in [0.05, 0.1) is 13.7 Å². The van der Waals surface area contributed by atoms with Crippen molar-refractivity contribution in [2.45, 2.75) is 6.92 Å². The fourth-order valence-corrected chi connectivity index (χ4v) is 1.58. The average molecular weight is 293 g/mol. The van der Waals surface area contributed by atoms with E-state index in [1.807, 2.05) is 6.92 Å². The summed E-state index contributed by atoms with van der Waals surface area (Å²) in [5, 5.41) is 5.77. The Bertz CT molecular complexity index is 624. The molecule has 1 aromatic heterocycles. The van der Waals surface area contributed by atoms with Gasteiger partial charge in [0, 0.05) is 18.8 Å². The van der Waals surface area contributed by atoms with Crippen molar-refractivity contribution in [3.05, 3.63) is 24.0 Å². The van der Waals surface area contributed by atoms with Gasteiger partial charge in [0.2, 0.25) is 11.9 Å². The Balaban J connectivity index is 2.27. The van der Waals surface area contributed by atoms with E-state index in [0.29, 0.717) is 18.2 Å². The van der Waals surface area contributed by atoms with Crippen LogP contribution in [-0.2, 0) is 0 Å². The van der Waals surface area contributed by atoms with E-state index in [2.05, 4.69) is 25.6 Å². The highest BCUT2D eigenvalue weighted by atomic mass is 19.1. The molecule has 2 N–H and O–H groups in total. The molecule has 0 amide bonds. The number of halogens is 1. The van der Waals surface area contributed by atoms with Crippen molar-refractivity contribution in [1.29, 1.82) is 0 Å². The van der Waals surface area contributed by atoms with Gasteiger partial charge in [0.15, 0.2) is 11.6 Å². The Hall–Kier alpha value is -2.64. The van der Waals surface area contributed by atoms with E-state index in [-0.39, 0.29) is 17.7 Å². The molecule has 0 radical (unpaired) electrons. The maximum Gasteiger partial charge on any atom is 0.323 e. The van der Waals surface area contributed by atoms with Crippen molar-refractivity contribution >= 4 is 17.6 Å². The minimum atomic E-state index is -0.440. The molecule has 2 aromatic rings. The van der Waals surface area contributed by atoms with Crippen LogP contribution < -0.4 is 20.1 Å². The number of rotatable bonds is 6. The van der Waals surface area contributed by atoms with Crippen molar-refractivity contribution < 1.29 is 13.9 Å². The van der Waals surface area contributed by atoms with Crippen LogP contribution >= 0.6 is 0 Å². The van der Waals surface area contributed by atoms with Crippen LogP contribution in [0.15, 0.2) is 18.2 Å². The molecule has 0 unspecified atom stereocenters. The predicted molar refractivity (Wildman–Crippen MR) is 76.8 cm³/mol. The summed E-state index contributed by atoms with van der Waals surface area (Å²) in [5.74, 6) is 0.342. The first-order valence-corrected chi connectivity index (χ1v) is 6.33. The fourth-order valence-electron chi connectivity index (χ4n) is 1.58. The van der Waals surface area contributed by atoms with Crippen LogP contribution in [0.4, 0.5) is 22.0 Å². The first-order valence-electron chi connectivity index (χ1n) is 6.33. The number of anilines is 3. The van der Waals surface area contributed by atoms with Crippen LogP contribution in [0.1, 0.15) is 6.92 Å². The summed E-state index contributed by atoms with van der Waals surface area (Å²) >= 11 is 0. The Labute approximate surface area is 121 Å². The van der Waals surface area contributed by atoms with Gasteiger partial charge in [-0.1, -0.05) is 0 Å². The average Bonchev–Trinajstić information content (AvgIpc) is 2.49. The number of aromatic nitrogens is 3. The summed E-state index contributed by atoms with van der Waals surface area (Å²) in [7, 11) is 3.09. The minimum Gasteiger partial charge on any atom is -0.494 e. The van der Waals surface area contributed by atoms with Gasteiger partial charge in [-0.25, -0.2) is 4.39 Å². The van der Waals surface area contributed by atoms with Crippen LogP contribution in [0.25, 0.3) is 0 Å². The van der Waals surface area contributed by atoms with Crippen molar-refractivity contribution in [3.63, 3.8) is 0 Å². The quantitative estimate of drug-likeness (QED) is 0.845. The summed E-state index contributed by atoms with van der Waals surface area (Å²) in [6.07, 6.45) is 0. The lowest BCUT2D eigenvalue weighted by molar-refractivity contribution is 0.312. The van der Waals surface area contributed by atoms with E-state index >= 15 is 0 Å². The van der Waals surface area contributed by atoms with E-state index in [1.54, 1.807) is 13.1 Å². The molecule has 1 aromatic carbocycles. The minimum absolute atomic E-state index is 0.132. The highest BCUT2D eigenvalue weighted by molar-refractivity contribution is 5.57. The predicted octanol–water partition coefficient (Wildman–Crippen LogP) is 2.20. The van der Waals surface area contributed by atoms with Gasteiger partial charge in [-0.3, -0.25) is 0 Å². The SMILES string of the molecule is CCOc1nc(NC)nc(Nc2ccc(F)c(OC)c2)n1. The van der Waals surface area contributed by atoms with Crippen LogP contribution in [0.2, 0.25) is 0 Å². The maximum absolute atomic E-state index is 13.4. The van der Waals surface area contributed by atoms with Crippen molar-refractivity contribution in [3.8, 4) is 11.8 Å². The van der Waals surface area contributed by atoms with Gasteiger partial charge >= 0.3 is 6.01 Å². The van der Waals surface area contributed by atoms with Gasteiger partial charge < -0.3 is 20.1 Å². The second-order valence-corrected chi connectivity index (χ2v) is 3.92. The number of hydrogen-bond donors (Lipinski definition) is 2. The van der Waals surface area contributed by atoms with E-state index < -0.39 is 5.82 Å². The van der Waals surface area contributed by atoms with Crippen molar-refractivity contribution in [1.82, 2.24) is 15.0 Å². The number of benzene rings is 1. The molecule has 0 saturated carbocycles. The lowest BCUT2D eigenvalue weighted by Gasteiger charge is -2.10. The van der Waals surface area contributed by atoms with Crippen LogP contribution in [0, 0.1) is 5.82 Å². The Morgan fingerprint density at radius 2 is 1.95 bits per heavy atom. The third-order valence-electron chi connectivity index (χ3n) is 2.52. The van der Waals surface area contributed by atoms with Crippen molar-refractivity contribution in [2.24, 2.45) is 0 Å². The smallest absolute Gasteiger partial charge is 0.323 e. The lowest BCUT2D eigenvalue weighted by Crippen LogP contribution is -2.07. The van der Waals surface area contributed by atoms with Crippen LogP contribution in [0.3, 0.4) is 0 Å². The summed E-state index contributed by atoms with van der Waals surface area (Å²) < 4.78 is 23.6. The first kappa shape index (κ1) is 14.8. The zero-order valence-corrected chi connectivity index (χ0v) is 12.0. The molecule has 7 nitrogen and oxygen atoms in total.